The van der Waals surface area contributed by atoms with Crippen LogP contribution < -0.4 is 0 Å². The van der Waals surface area contributed by atoms with Gasteiger partial charge >= 0.3 is 0 Å². The molecule has 2 aromatic heterocycles. The molecule has 2 aliphatic rings. The molecule has 0 saturated carbocycles. The molecule has 0 spiro atoms. The quantitative estimate of drug-likeness (QED) is 0.282. The smallest absolute Gasteiger partial charge is 0.109 e. The first-order valence-electron chi connectivity index (χ1n) is 13.3. The van der Waals surface area contributed by atoms with Crippen LogP contribution >= 0.6 is 0 Å². The molecule has 4 nitrogen and oxygen atoms in total. The highest BCUT2D eigenvalue weighted by Crippen LogP contribution is 2.39. The van der Waals surface area contributed by atoms with E-state index >= 15 is 0 Å². The molecule has 2 aliphatic carbocycles. The van der Waals surface area contributed by atoms with Gasteiger partial charge in [0.1, 0.15) is 11.6 Å². The lowest BCUT2D eigenvalue weighted by atomic mass is 9.86. The number of aromatic amines is 2. The zero-order chi connectivity index (χ0) is 24.6. The Bertz CT molecular complexity index is 1650. The number of nitrogens with zero attached hydrogens (tertiary/aromatic N) is 2. The molecule has 0 saturated heterocycles. The Morgan fingerprint density at radius 3 is 2.28 bits per heavy atom. The number of H-pyrrole nitrogens is 2. The number of benzene rings is 3. The third-order valence-electron chi connectivity index (χ3n) is 8.04. The van der Waals surface area contributed by atoms with Gasteiger partial charge in [0.2, 0.25) is 0 Å². The van der Waals surface area contributed by atoms with Crippen LogP contribution in [0.1, 0.15) is 73.7 Å². The molecule has 0 aliphatic heterocycles. The van der Waals surface area contributed by atoms with Gasteiger partial charge in [0.15, 0.2) is 0 Å². The second kappa shape index (κ2) is 7.92. The number of aromatic nitrogens is 4. The Morgan fingerprint density at radius 2 is 1.44 bits per heavy atom. The van der Waals surface area contributed by atoms with Crippen molar-refractivity contribution in [2.75, 3.05) is 0 Å². The van der Waals surface area contributed by atoms with Gasteiger partial charge < -0.3 is 9.97 Å². The van der Waals surface area contributed by atoms with E-state index in [0.29, 0.717) is 11.8 Å². The van der Waals surface area contributed by atoms with E-state index in [4.69, 9.17) is 9.97 Å². The highest BCUT2D eigenvalue weighted by Gasteiger charge is 2.24. The Kier molecular flexibility index (Phi) is 4.76. The summed E-state index contributed by atoms with van der Waals surface area (Å²) in [4.78, 5) is 17.0. The van der Waals surface area contributed by atoms with Gasteiger partial charge in [-0.25, -0.2) is 9.97 Å². The first-order chi connectivity index (χ1) is 17.5. The van der Waals surface area contributed by atoms with Crippen molar-refractivity contribution in [1.82, 2.24) is 19.9 Å². The van der Waals surface area contributed by atoms with E-state index < -0.39 is 0 Å². The van der Waals surface area contributed by atoms with Crippen LogP contribution in [0.25, 0.3) is 44.4 Å². The highest BCUT2D eigenvalue weighted by molar-refractivity contribution is 5.95. The first-order valence-corrected chi connectivity index (χ1v) is 13.3. The number of aryl methyl sites for hydroxylation is 4. The molecule has 0 atom stereocenters. The Hall–Kier alpha value is -3.66. The molecule has 0 unspecified atom stereocenters. The van der Waals surface area contributed by atoms with Crippen molar-refractivity contribution in [2.45, 2.75) is 65.2 Å². The Labute approximate surface area is 212 Å². The third-order valence-corrected chi connectivity index (χ3v) is 8.04. The van der Waals surface area contributed by atoms with Crippen LogP contribution in [0.5, 0.6) is 0 Å². The number of nitrogens with one attached hydrogen (secondary N) is 2. The van der Waals surface area contributed by atoms with Gasteiger partial charge in [-0.15, -0.1) is 0 Å². The lowest BCUT2D eigenvalue weighted by Gasteiger charge is -2.19. The second-order valence-corrected chi connectivity index (χ2v) is 11.1. The molecule has 7 rings (SSSR count). The average Bonchev–Trinajstić information content (AvgIpc) is 3.53. The number of rotatable bonds is 3. The summed E-state index contributed by atoms with van der Waals surface area (Å²) in [5, 5.41) is 2.67. The zero-order valence-corrected chi connectivity index (χ0v) is 21.5. The van der Waals surface area contributed by atoms with Gasteiger partial charge in [0.25, 0.3) is 0 Å². The first kappa shape index (κ1) is 21.6. The maximum Gasteiger partial charge on any atom is 0.109 e. The summed E-state index contributed by atoms with van der Waals surface area (Å²) in [6.07, 6.45) is 4.14. The Morgan fingerprint density at radius 1 is 0.694 bits per heavy atom. The monoisotopic (exact) mass is 472 g/mol. The van der Waals surface area contributed by atoms with Gasteiger partial charge in [-0.1, -0.05) is 70.2 Å². The maximum absolute atomic E-state index is 4.97. The molecule has 5 aromatic rings. The minimum absolute atomic E-state index is 0.413. The minimum atomic E-state index is 0.413. The fourth-order valence-electron chi connectivity index (χ4n) is 6.01. The van der Waals surface area contributed by atoms with Crippen molar-refractivity contribution in [3.05, 3.63) is 82.7 Å². The van der Waals surface area contributed by atoms with Gasteiger partial charge in [-0.3, -0.25) is 0 Å². The van der Waals surface area contributed by atoms with Gasteiger partial charge in [0, 0.05) is 28.7 Å². The van der Waals surface area contributed by atoms with Crippen LogP contribution in [0.2, 0.25) is 0 Å². The summed E-state index contributed by atoms with van der Waals surface area (Å²) in [5.41, 5.74) is 12.9. The summed E-state index contributed by atoms with van der Waals surface area (Å²) < 4.78 is 0. The van der Waals surface area contributed by atoms with E-state index in [1.807, 2.05) is 0 Å². The summed E-state index contributed by atoms with van der Waals surface area (Å²) in [6.45, 7) is 8.79. The molecular formula is C32H32N4. The van der Waals surface area contributed by atoms with E-state index in [9.17, 15) is 0 Å². The number of imidazole rings is 2. The van der Waals surface area contributed by atoms with E-state index in [1.165, 1.54) is 61.2 Å². The number of hydrogen-bond acceptors (Lipinski definition) is 2. The number of hydrogen-bond donors (Lipinski definition) is 2. The van der Waals surface area contributed by atoms with Crippen LogP contribution in [0.4, 0.5) is 0 Å². The van der Waals surface area contributed by atoms with Crippen molar-refractivity contribution in [1.29, 1.82) is 0 Å². The molecular weight excluding hydrogens is 440 g/mol. The van der Waals surface area contributed by atoms with E-state index in [1.54, 1.807) is 0 Å². The molecule has 180 valence electrons. The van der Waals surface area contributed by atoms with Crippen LogP contribution in [-0.4, -0.2) is 19.9 Å². The van der Waals surface area contributed by atoms with Gasteiger partial charge in [-0.05, 0) is 64.8 Å². The largest absolute Gasteiger partial charge is 0.345 e. The van der Waals surface area contributed by atoms with E-state index in [2.05, 4.69) is 86.2 Å². The number of fused-ring (bicyclic) bond motifs is 8. The van der Waals surface area contributed by atoms with Gasteiger partial charge in [0.05, 0.1) is 17.1 Å². The van der Waals surface area contributed by atoms with Crippen molar-refractivity contribution >= 4 is 10.8 Å². The molecule has 4 heteroatoms. The topological polar surface area (TPSA) is 57.4 Å². The van der Waals surface area contributed by atoms with Crippen molar-refractivity contribution in [3.8, 4) is 33.6 Å². The standard InChI is InChI=1S/C32H32N4/c1-17(2)31-33-27-13-8-22-16-20(6-10-24(22)29(27)35-31)19-5-9-23-21(15-19)7-11-26-25(23)12-14-28-30(26)36-32(34-28)18(3)4/h5-7,9-11,15-18H,8,12-14H2,1-4H3,(H,33,35)(H,34,36). The van der Waals surface area contributed by atoms with Crippen LogP contribution in [-0.2, 0) is 25.7 Å². The normalized spacial score (nSPS) is 14.2. The fraction of sp³-hybridized carbons (Fsp3) is 0.312. The van der Waals surface area contributed by atoms with E-state index in [0.717, 1.165) is 43.0 Å². The van der Waals surface area contributed by atoms with Crippen LogP contribution in [0.15, 0.2) is 48.5 Å². The van der Waals surface area contributed by atoms with Gasteiger partial charge in [-0.2, -0.15) is 0 Å². The Balaban J connectivity index is 1.27. The molecule has 0 amide bonds. The lowest BCUT2D eigenvalue weighted by Crippen LogP contribution is -2.04. The van der Waals surface area contributed by atoms with Crippen LogP contribution in [0.3, 0.4) is 0 Å². The molecule has 0 fully saturated rings. The lowest BCUT2D eigenvalue weighted by molar-refractivity contribution is 0.787. The molecule has 2 heterocycles. The second-order valence-electron chi connectivity index (χ2n) is 11.1. The SMILES string of the molecule is CC(C)c1nc2c([nH]1)CCc1c-2ccc2cc(-c3ccc4c(c3)CCc3nc(C(C)C)[nH]c3-4)ccc12. The fourth-order valence-corrected chi connectivity index (χ4v) is 6.01. The summed E-state index contributed by atoms with van der Waals surface area (Å²) >= 11 is 0. The zero-order valence-electron chi connectivity index (χ0n) is 21.5. The van der Waals surface area contributed by atoms with Crippen LogP contribution in [0, 0.1) is 0 Å². The molecule has 0 bridgehead atoms. The average molecular weight is 473 g/mol. The minimum Gasteiger partial charge on any atom is -0.345 e. The summed E-state index contributed by atoms with van der Waals surface area (Å²) in [7, 11) is 0. The summed E-state index contributed by atoms with van der Waals surface area (Å²) in [6, 6.07) is 18.5. The molecule has 3 aromatic carbocycles. The predicted molar refractivity (Wildman–Crippen MR) is 148 cm³/mol. The van der Waals surface area contributed by atoms with E-state index in [-0.39, 0.29) is 0 Å². The molecule has 36 heavy (non-hydrogen) atoms. The third kappa shape index (κ3) is 3.27. The van der Waals surface area contributed by atoms with Crippen molar-refractivity contribution in [2.24, 2.45) is 0 Å². The predicted octanol–water partition coefficient (Wildman–Crippen LogP) is 7.73. The van der Waals surface area contributed by atoms with Crippen molar-refractivity contribution < 1.29 is 0 Å². The highest BCUT2D eigenvalue weighted by atomic mass is 15.0. The molecule has 0 radical (unpaired) electrons. The molecule has 2 N–H and O–H groups in total. The summed E-state index contributed by atoms with van der Waals surface area (Å²) in [5.74, 6) is 3.02. The van der Waals surface area contributed by atoms with Crippen molar-refractivity contribution in [3.63, 3.8) is 0 Å². The maximum atomic E-state index is 4.97.